The van der Waals surface area contributed by atoms with Crippen molar-refractivity contribution in [1.82, 2.24) is 25.3 Å². The number of carbonyl (C=O) groups is 1. The van der Waals surface area contributed by atoms with Crippen LogP contribution < -0.4 is 10.6 Å². The number of piperazine rings is 1. The molecule has 1 saturated carbocycles. The third kappa shape index (κ3) is 4.40. The Morgan fingerprint density at radius 1 is 1.16 bits per heavy atom. The van der Waals surface area contributed by atoms with Gasteiger partial charge in [0.25, 0.3) is 0 Å². The Hall–Kier alpha value is -2.22. The van der Waals surface area contributed by atoms with Crippen molar-refractivity contribution in [2.45, 2.75) is 19.0 Å². The van der Waals surface area contributed by atoms with Crippen LogP contribution in [-0.2, 0) is 9.53 Å². The minimum Gasteiger partial charge on any atom is -0.383 e. The molecule has 1 atom stereocenters. The summed E-state index contributed by atoms with van der Waals surface area (Å²) >= 11 is 6.14. The monoisotopic (exact) mass is 443 g/mol. The highest BCUT2D eigenvalue weighted by Gasteiger charge is 2.37. The molecule has 1 aliphatic carbocycles. The lowest BCUT2D eigenvalue weighted by molar-refractivity contribution is -0.136. The van der Waals surface area contributed by atoms with Crippen LogP contribution in [-0.4, -0.2) is 79.8 Å². The number of nitrogens with one attached hydrogen (secondary N) is 2. The molecule has 31 heavy (non-hydrogen) atoms. The van der Waals surface area contributed by atoms with Crippen molar-refractivity contribution in [3.63, 3.8) is 0 Å². The van der Waals surface area contributed by atoms with Crippen LogP contribution in [0.15, 0.2) is 41.9 Å². The molecule has 1 aromatic rings. The van der Waals surface area contributed by atoms with E-state index in [2.05, 4.69) is 38.8 Å². The molecule has 3 aliphatic heterocycles. The van der Waals surface area contributed by atoms with Crippen molar-refractivity contribution in [3.8, 4) is 0 Å². The number of hydrogen-bond acceptors (Lipinski definition) is 6. The van der Waals surface area contributed by atoms with E-state index in [1.165, 1.54) is 29.9 Å². The molecule has 166 valence electrons. The SMILES string of the molecule is COCC(=O)N1CCN(CC2=C(c3ccc(Cl)cc3)NC3CNC(C4CC4)=CN23)CC1. The fourth-order valence-electron chi connectivity index (χ4n) is 4.62. The molecule has 0 aromatic heterocycles. The summed E-state index contributed by atoms with van der Waals surface area (Å²) < 4.78 is 5.01. The number of benzene rings is 1. The molecule has 0 bridgehead atoms. The predicted molar refractivity (Wildman–Crippen MR) is 121 cm³/mol. The summed E-state index contributed by atoms with van der Waals surface area (Å²) in [5.74, 6) is 0.766. The first-order valence-electron chi connectivity index (χ1n) is 11.1. The summed E-state index contributed by atoms with van der Waals surface area (Å²) in [7, 11) is 1.57. The fourth-order valence-corrected chi connectivity index (χ4v) is 4.74. The summed E-state index contributed by atoms with van der Waals surface area (Å²) in [4.78, 5) is 18.9. The standard InChI is InChI=1S/C23H30ClN5O2/c1-31-15-22(30)28-10-8-27(9-11-28)14-20-23(17-4-6-18(24)7-5-17)26-21-12-25-19(13-29(20)21)16-2-3-16/h4-7,13,16,21,25-26H,2-3,8-12,14-15H2,1H3. The minimum atomic E-state index is 0.0740. The minimum absolute atomic E-state index is 0.0740. The van der Waals surface area contributed by atoms with Gasteiger partial charge >= 0.3 is 0 Å². The lowest BCUT2D eigenvalue weighted by atomic mass is 10.1. The van der Waals surface area contributed by atoms with Crippen molar-refractivity contribution in [3.05, 3.63) is 52.4 Å². The lowest BCUT2D eigenvalue weighted by Gasteiger charge is -2.37. The Morgan fingerprint density at radius 2 is 1.90 bits per heavy atom. The maximum atomic E-state index is 12.1. The molecule has 3 heterocycles. The summed E-state index contributed by atoms with van der Waals surface area (Å²) in [5, 5.41) is 8.11. The Kier molecular flexibility index (Phi) is 5.82. The zero-order chi connectivity index (χ0) is 21.4. The quantitative estimate of drug-likeness (QED) is 0.700. The van der Waals surface area contributed by atoms with Crippen molar-refractivity contribution in [1.29, 1.82) is 0 Å². The summed E-state index contributed by atoms with van der Waals surface area (Å²) in [6.45, 7) is 5.11. The van der Waals surface area contributed by atoms with Gasteiger partial charge in [-0.05, 0) is 30.5 Å². The Bertz CT molecular complexity index is 888. The number of nitrogens with zero attached hydrogens (tertiary/aromatic N) is 3. The van der Waals surface area contributed by atoms with Gasteiger partial charge in [0.05, 0.1) is 17.9 Å². The van der Waals surface area contributed by atoms with E-state index in [4.69, 9.17) is 16.3 Å². The van der Waals surface area contributed by atoms with E-state index < -0.39 is 0 Å². The number of halogens is 1. The van der Waals surface area contributed by atoms with E-state index in [-0.39, 0.29) is 18.7 Å². The summed E-state index contributed by atoms with van der Waals surface area (Å²) in [5.41, 5.74) is 4.99. The number of amides is 1. The van der Waals surface area contributed by atoms with Gasteiger partial charge in [-0.1, -0.05) is 23.7 Å². The van der Waals surface area contributed by atoms with Gasteiger partial charge in [0.15, 0.2) is 0 Å². The maximum Gasteiger partial charge on any atom is 0.248 e. The molecule has 0 spiro atoms. The zero-order valence-electron chi connectivity index (χ0n) is 17.9. The highest BCUT2D eigenvalue weighted by Crippen LogP contribution is 2.39. The van der Waals surface area contributed by atoms with Crippen LogP contribution in [0.5, 0.6) is 0 Å². The molecule has 1 unspecified atom stereocenters. The summed E-state index contributed by atoms with van der Waals surface area (Å²) in [6, 6.07) is 8.07. The fraction of sp³-hybridized carbons (Fsp3) is 0.522. The Morgan fingerprint density at radius 3 is 2.58 bits per heavy atom. The van der Waals surface area contributed by atoms with E-state index >= 15 is 0 Å². The van der Waals surface area contributed by atoms with Gasteiger partial charge in [-0.3, -0.25) is 9.69 Å². The normalized spacial score (nSPS) is 23.9. The molecule has 8 heteroatoms. The number of rotatable bonds is 6. The third-order valence-corrected chi connectivity index (χ3v) is 6.79. The smallest absolute Gasteiger partial charge is 0.248 e. The van der Waals surface area contributed by atoms with Crippen LogP contribution in [0.25, 0.3) is 5.70 Å². The first-order valence-corrected chi connectivity index (χ1v) is 11.5. The molecular weight excluding hydrogens is 414 g/mol. The van der Waals surface area contributed by atoms with E-state index in [1.54, 1.807) is 7.11 Å². The lowest BCUT2D eigenvalue weighted by Crippen LogP contribution is -2.51. The van der Waals surface area contributed by atoms with Crippen LogP contribution in [0, 0.1) is 5.92 Å². The molecule has 0 radical (unpaired) electrons. The van der Waals surface area contributed by atoms with E-state index in [9.17, 15) is 4.79 Å². The molecule has 7 nitrogen and oxygen atoms in total. The molecule has 2 N–H and O–H groups in total. The van der Waals surface area contributed by atoms with Crippen molar-refractivity contribution in [2.24, 2.45) is 5.92 Å². The van der Waals surface area contributed by atoms with Gasteiger partial charge in [0, 0.05) is 62.7 Å². The highest BCUT2D eigenvalue weighted by atomic mass is 35.5. The van der Waals surface area contributed by atoms with Crippen molar-refractivity contribution >= 4 is 23.2 Å². The van der Waals surface area contributed by atoms with Crippen LogP contribution in [0.4, 0.5) is 0 Å². The van der Waals surface area contributed by atoms with Crippen LogP contribution in [0.1, 0.15) is 18.4 Å². The van der Waals surface area contributed by atoms with Crippen LogP contribution in [0.2, 0.25) is 5.02 Å². The second-order valence-electron chi connectivity index (χ2n) is 8.73. The van der Waals surface area contributed by atoms with Gasteiger partial charge < -0.3 is 25.2 Å². The average Bonchev–Trinajstić information content (AvgIpc) is 3.58. The van der Waals surface area contributed by atoms with Gasteiger partial charge in [-0.25, -0.2) is 0 Å². The Labute approximate surface area is 188 Å². The highest BCUT2D eigenvalue weighted by molar-refractivity contribution is 6.30. The molecule has 1 saturated heterocycles. The largest absolute Gasteiger partial charge is 0.383 e. The number of hydrogen-bond donors (Lipinski definition) is 2. The molecule has 1 amide bonds. The van der Waals surface area contributed by atoms with Crippen LogP contribution in [0.3, 0.4) is 0 Å². The number of allylic oxidation sites excluding steroid dienone is 1. The maximum absolute atomic E-state index is 12.1. The molecule has 1 aromatic carbocycles. The average molecular weight is 444 g/mol. The summed E-state index contributed by atoms with van der Waals surface area (Å²) in [6.07, 6.45) is 5.10. The van der Waals surface area contributed by atoms with Gasteiger partial charge in [0.2, 0.25) is 5.91 Å². The second-order valence-corrected chi connectivity index (χ2v) is 9.16. The topological polar surface area (TPSA) is 60.1 Å². The van der Waals surface area contributed by atoms with E-state index in [0.29, 0.717) is 5.92 Å². The first kappa shape index (κ1) is 20.7. The van der Waals surface area contributed by atoms with Crippen LogP contribution >= 0.6 is 11.6 Å². The van der Waals surface area contributed by atoms with Gasteiger partial charge in [-0.15, -0.1) is 0 Å². The van der Waals surface area contributed by atoms with Crippen molar-refractivity contribution < 1.29 is 9.53 Å². The second kappa shape index (κ2) is 8.73. The number of methoxy groups -OCH3 is 1. The molecular formula is C23H30ClN5O2. The first-order chi connectivity index (χ1) is 15.1. The van der Waals surface area contributed by atoms with Gasteiger partial charge in [-0.2, -0.15) is 0 Å². The number of carbonyl (C=O) groups excluding carboxylic acids is 1. The number of ether oxygens (including phenoxy) is 1. The molecule has 5 rings (SSSR count). The van der Waals surface area contributed by atoms with E-state index in [0.717, 1.165) is 49.9 Å². The van der Waals surface area contributed by atoms with Crippen molar-refractivity contribution in [2.75, 3.05) is 53.0 Å². The molecule has 2 fully saturated rings. The zero-order valence-corrected chi connectivity index (χ0v) is 18.7. The third-order valence-electron chi connectivity index (χ3n) is 6.54. The molecule has 4 aliphatic rings. The van der Waals surface area contributed by atoms with E-state index in [1.807, 2.05) is 17.0 Å². The Balaban J connectivity index is 1.37. The number of fused-ring (bicyclic) bond motifs is 1. The van der Waals surface area contributed by atoms with Gasteiger partial charge in [0.1, 0.15) is 12.8 Å². The predicted octanol–water partition coefficient (Wildman–Crippen LogP) is 1.89.